The SMILES string of the molecule is CCOC(=O)Oc1cc2cc(F)ccc2n1Cc1ccncc1. The number of ether oxygens (including phenoxy) is 2. The van der Waals surface area contributed by atoms with Crippen LogP contribution >= 0.6 is 0 Å². The molecule has 0 spiro atoms. The molecule has 0 aliphatic rings. The number of benzene rings is 1. The van der Waals surface area contributed by atoms with Gasteiger partial charge in [0.25, 0.3) is 0 Å². The topological polar surface area (TPSA) is 53.4 Å². The molecule has 0 unspecified atom stereocenters. The minimum Gasteiger partial charge on any atom is -0.434 e. The average Bonchev–Trinajstić information content (AvgIpc) is 2.85. The number of pyridine rings is 1. The van der Waals surface area contributed by atoms with Gasteiger partial charge in [-0.3, -0.25) is 4.98 Å². The van der Waals surface area contributed by atoms with E-state index in [9.17, 15) is 9.18 Å². The maximum atomic E-state index is 13.4. The highest BCUT2D eigenvalue weighted by molar-refractivity contribution is 5.83. The van der Waals surface area contributed by atoms with E-state index in [0.29, 0.717) is 17.8 Å². The van der Waals surface area contributed by atoms with Crippen molar-refractivity contribution in [3.63, 3.8) is 0 Å². The third kappa shape index (κ3) is 3.31. The monoisotopic (exact) mass is 314 g/mol. The van der Waals surface area contributed by atoms with Gasteiger partial charge in [-0.15, -0.1) is 0 Å². The van der Waals surface area contributed by atoms with Gasteiger partial charge in [-0.2, -0.15) is 0 Å². The van der Waals surface area contributed by atoms with E-state index < -0.39 is 6.16 Å². The highest BCUT2D eigenvalue weighted by Gasteiger charge is 2.15. The molecule has 6 heteroatoms. The van der Waals surface area contributed by atoms with Crippen LogP contribution in [-0.4, -0.2) is 22.3 Å². The minimum absolute atomic E-state index is 0.220. The Balaban J connectivity index is 2.02. The molecule has 2 heterocycles. The van der Waals surface area contributed by atoms with E-state index in [-0.39, 0.29) is 12.4 Å². The zero-order valence-corrected chi connectivity index (χ0v) is 12.5. The molecule has 23 heavy (non-hydrogen) atoms. The number of nitrogens with zero attached hydrogens (tertiary/aromatic N) is 2. The second kappa shape index (κ2) is 6.48. The smallest absolute Gasteiger partial charge is 0.434 e. The number of rotatable bonds is 4. The molecule has 0 fully saturated rings. The molecule has 0 saturated heterocycles. The Morgan fingerprint density at radius 2 is 2.00 bits per heavy atom. The van der Waals surface area contributed by atoms with Crippen LogP contribution < -0.4 is 4.74 Å². The average molecular weight is 314 g/mol. The molecule has 3 aromatic rings. The lowest BCUT2D eigenvalue weighted by Gasteiger charge is -2.10. The fourth-order valence-corrected chi connectivity index (χ4v) is 2.37. The molecule has 3 rings (SSSR count). The molecular formula is C17H15FN2O3. The van der Waals surface area contributed by atoms with Gasteiger partial charge in [0.1, 0.15) is 5.82 Å². The molecule has 0 saturated carbocycles. The van der Waals surface area contributed by atoms with Crippen LogP contribution in [0.25, 0.3) is 10.9 Å². The summed E-state index contributed by atoms with van der Waals surface area (Å²) in [5.74, 6) is -0.0397. The van der Waals surface area contributed by atoms with Crippen LogP contribution in [0.2, 0.25) is 0 Å². The van der Waals surface area contributed by atoms with Gasteiger partial charge >= 0.3 is 6.16 Å². The predicted octanol–water partition coefficient (Wildman–Crippen LogP) is 3.76. The van der Waals surface area contributed by atoms with Crippen LogP contribution in [0.5, 0.6) is 5.88 Å². The Bertz CT molecular complexity index is 830. The number of halogens is 1. The van der Waals surface area contributed by atoms with Crippen molar-refractivity contribution in [3.8, 4) is 5.88 Å². The zero-order chi connectivity index (χ0) is 16.2. The van der Waals surface area contributed by atoms with Gasteiger partial charge in [0.2, 0.25) is 5.88 Å². The molecule has 0 N–H and O–H groups in total. The maximum absolute atomic E-state index is 13.4. The van der Waals surface area contributed by atoms with Gasteiger partial charge in [-0.05, 0) is 42.8 Å². The first-order valence-corrected chi connectivity index (χ1v) is 7.19. The summed E-state index contributed by atoms with van der Waals surface area (Å²) < 4.78 is 25.3. The van der Waals surface area contributed by atoms with E-state index in [0.717, 1.165) is 11.1 Å². The van der Waals surface area contributed by atoms with Crippen LogP contribution in [0, 0.1) is 5.82 Å². The second-order valence-electron chi connectivity index (χ2n) is 4.91. The van der Waals surface area contributed by atoms with Gasteiger partial charge in [0.15, 0.2) is 0 Å². The Hall–Kier alpha value is -2.89. The lowest BCUT2D eigenvalue weighted by molar-refractivity contribution is 0.101. The third-order valence-electron chi connectivity index (χ3n) is 3.37. The van der Waals surface area contributed by atoms with Crippen molar-refractivity contribution in [1.82, 2.24) is 9.55 Å². The molecule has 0 radical (unpaired) electrons. The van der Waals surface area contributed by atoms with E-state index in [1.165, 1.54) is 12.1 Å². The molecule has 0 amide bonds. The summed E-state index contributed by atoms with van der Waals surface area (Å²) in [5.41, 5.74) is 1.75. The summed E-state index contributed by atoms with van der Waals surface area (Å²) in [6, 6.07) is 9.78. The van der Waals surface area contributed by atoms with Crippen molar-refractivity contribution in [1.29, 1.82) is 0 Å². The summed E-state index contributed by atoms with van der Waals surface area (Å²) in [6.07, 6.45) is 2.59. The Morgan fingerprint density at radius 3 is 2.74 bits per heavy atom. The number of hydrogen-bond acceptors (Lipinski definition) is 4. The number of aromatic nitrogens is 2. The van der Waals surface area contributed by atoms with E-state index in [2.05, 4.69) is 4.98 Å². The molecule has 0 atom stereocenters. The highest BCUT2D eigenvalue weighted by atomic mass is 19.1. The second-order valence-corrected chi connectivity index (χ2v) is 4.91. The summed E-state index contributed by atoms with van der Waals surface area (Å²) >= 11 is 0. The first-order valence-electron chi connectivity index (χ1n) is 7.19. The Morgan fingerprint density at radius 1 is 1.22 bits per heavy atom. The quantitative estimate of drug-likeness (QED) is 0.688. The fourth-order valence-electron chi connectivity index (χ4n) is 2.37. The summed E-state index contributed by atoms with van der Waals surface area (Å²) in [5, 5.41) is 0.651. The van der Waals surface area contributed by atoms with Crippen molar-refractivity contribution in [2.24, 2.45) is 0 Å². The minimum atomic E-state index is -0.785. The molecule has 2 aromatic heterocycles. The van der Waals surface area contributed by atoms with Gasteiger partial charge < -0.3 is 14.0 Å². The number of carbonyl (C=O) groups is 1. The normalized spacial score (nSPS) is 10.7. The lowest BCUT2D eigenvalue weighted by Crippen LogP contribution is -2.13. The standard InChI is InChI=1S/C17H15FN2O3/c1-2-22-17(21)23-16-10-13-9-14(18)3-4-15(13)20(16)11-12-5-7-19-8-6-12/h3-10H,2,11H2,1H3. The lowest BCUT2D eigenvalue weighted by atomic mass is 10.2. The molecule has 118 valence electrons. The van der Waals surface area contributed by atoms with Crippen molar-refractivity contribution in [3.05, 3.63) is 60.2 Å². The van der Waals surface area contributed by atoms with Crippen molar-refractivity contribution in [2.45, 2.75) is 13.5 Å². The summed E-state index contributed by atoms with van der Waals surface area (Å²) in [6.45, 7) is 2.38. The molecule has 0 bridgehead atoms. The van der Waals surface area contributed by atoms with E-state index >= 15 is 0 Å². The predicted molar refractivity (Wildman–Crippen MR) is 82.9 cm³/mol. The maximum Gasteiger partial charge on any atom is 0.515 e. The van der Waals surface area contributed by atoms with Gasteiger partial charge in [-0.1, -0.05) is 0 Å². The van der Waals surface area contributed by atoms with Crippen LogP contribution in [0.1, 0.15) is 12.5 Å². The molecule has 0 aliphatic carbocycles. The van der Waals surface area contributed by atoms with E-state index in [1.807, 2.05) is 12.1 Å². The largest absolute Gasteiger partial charge is 0.515 e. The fraction of sp³-hybridized carbons (Fsp3) is 0.176. The van der Waals surface area contributed by atoms with Gasteiger partial charge in [0.05, 0.1) is 18.7 Å². The molecule has 0 aliphatic heterocycles. The van der Waals surface area contributed by atoms with Gasteiger partial charge in [0, 0.05) is 23.8 Å². The van der Waals surface area contributed by atoms with E-state index in [4.69, 9.17) is 9.47 Å². The molecule has 5 nitrogen and oxygen atoms in total. The Labute approximate surface area is 132 Å². The Kier molecular flexibility index (Phi) is 4.23. The van der Waals surface area contributed by atoms with Gasteiger partial charge in [-0.25, -0.2) is 9.18 Å². The van der Waals surface area contributed by atoms with Crippen LogP contribution in [0.15, 0.2) is 48.8 Å². The molecular weight excluding hydrogens is 299 g/mol. The number of carbonyl (C=O) groups excluding carboxylic acids is 1. The van der Waals surface area contributed by atoms with Crippen molar-refractivity contribution in [2.75, 3.05) is 6.61 Å². The van der Waals surface area contributed by atoms with Crippen molar-refractivity contribution >= 4 is 17.1 Å². The highest BCUT2D eigenvalue weighted by Crippen LogP contribution is 2.27. The van der Waals surface area contributed by atoms with E-state index in [1.54, 1.807) is 36.0 Å². The van der Waals surface area contributed by atoms with Crippen molar-refractivity contribution < 1.29 is 18.7 Å². The first kappa shape index (κ1) is 15.0. The summed E-state index contributed by atoms with van der Waals surface area (Å²) in [7, 11) is 0. The van der Waals surface area contributed by atoms with Crippen LogP contribution in [-0.2, 0) is 11.3 Å². The third-order valence-corrected chi connectivity index (χ3v) is 3.37. The van der Waals surface area contributed by atoms with Crippen LogP contribution in [0.4, 0.5) is 9.18 Å². The number of fused-ring (bicyclic) bond motifs is 1. The first-order chi connectivity index (χ1) is 11.2. The molecule has 1 aromatic carbocycles. The zero-order valence-electron chi connectivity index (χ0n) is 12.5. The number of hydrogen-bond donors (Lipinski definition) is 0. The summed E-state index contributed by atoms with van der Waals surface area (Å²) in [4.78, 5) is 15.6. The van der Waals surface area contributed by atoms with Crippen LogP contribution in [0.3, 0.4) is 0 Å².